The van der Waals surface area contributed by atoms with Gasteiger partial charge in [-0.05, 0) is 44.2 Å². The summed E-state index contributed by atoms with van der Waals surface area (Å²) >= 11 is 0. The average Bonchev–Trinajstić information content (AvgIpc) is 2.70. The van der Waals surface area contributed by atoms with Gasteiger partial charge < -0.3 is 10.1 Å². The van der Waals surface area contributed by atoms with Gasteiger partial charge in [0.05, 0.1) is 29.2 Å². The molecule has 1 fully saturated rings. The summed E-state index contributed by atoms with van der Waals surface area (Å²) in [5.74, 6) is 0.768. The Morgan fingerprint density at radius 2 is 1.93 bits per heavy atom. The van der Waals surface area contributed by atoms with Crippen LogP contribution in [0.5, 0.6) is 5.75 Å². The van der Waals surface area contributed by atoms with Crippen LogP contribution in [-0.2, 0) is 6.54 Å². The Morgan fingerprint density at radius 1 is 1.17 bits per heavy atom. The lowest BCUT2D eigenvalue weighted by Gasteiger charge is -2.28. The highest BCUT2D eigenvalue weighted by atomic mass is 19.1. The van der Waals surface area contributed by atoms with E-state index in [4.69, 9.17) is 9.72 Å². The van der Waals surface area contributed by atoms with Crippen molar-refractivity contribution in [2.45, 2.75) is 26.5 Å². The Balaban J connectivity index is 1.92. The van der Waals surface area contributed by atoms with Gasteiger partial charge in [0.15, 0.2) is 0 Å². The number of ether oxygens (including phenoxy) is 1. The van der Waals surface area contributed by atoms with Crippen molar-refractivity contribution < 1.29 is 9.13 Å². The number of piperazine rings is 1. The Kier molecular flexibility index (Phi) is 5.60. The van der Waals surface area contributed by atoms with Crippen LogP contribution in [0.25, 0.3) is 16.6 Å². The van der Waals surface area contributed by atoms with Crippen molar-refractivity contribution >= 4 is 10.9 Å². The molecule has 4 rings (SSSR count). The molecule has 1 aliphatic heterocycles. The number of hydrogen-bond acceptors (Lipinski definition) is 5. The van der Waals surface area contributed by atoms with Gasteiger partial charge in [-0.2, -0.15) is 0 Å². The van der Waals surface area contributed by atoms with Crippen molar-refractivity contribution in [1.29, 1.82) is 0 Å². The fraction of sp³-hybridized carbons (Fsp3) is 0.364. The minimum Gasteiger partial charge on any atom is -0.489 e. The van der Waals surface area contributed by atoms with Crippen LogP contribution in [0, 0.1) is 5.82 Å². The lowest BCUT2D eigenvalue weighted by atomic mass is 10.2. The molecule has 2 aromatic carbocycles. The fourth-order valence-corrected chi connectivity index (χ4v) is 3.62. The molecule has 1 aromatic heterocycles. The number of rotatable bonds is 5. The van der Waals surface area contributed by atoms with Crippen LogP contribution in [-0.4, -0.2) is 46.7 Å². The maximum Gasteiger partial charge on any atom is 0.266 e. The van der Waals surface area contributed by atoms with Crippen LogP contribution in [0.2, 0.25) is 0 Å². The van der Waals surface area contributed by atoms with Gasteiger partial charge in [0.25, 0.3) is 5.56 Å². The third-order valence-electron chi connectivity index (χ3n) is 4.94. The van der Waals surface area contributed by atoms with Gasteiger partial charge in [0.2, 0.25) is 0 Å². The molecule has 0 bridgehead atoms. The van der Waals surface area contributed by atoms with E-state index >= 15 is 0 Å². The quantitative estimate of drug-likeness (QED) is 0.719. The Morgan fingerprint density at radius 3 is 2.69 bits per heavy atom. The first-order valence-electron chi connectivity index (χ1n) is 9.93. The molecular formula is C22H25FN4O2. The number of nitrogens with one attached hydrogen (secondary N) is 1. The normalized spacial score (nSPS) is 15.2. The van der Waals surface area contributed by atoms with E-state index in [1.54, 1.807) is 10.6 Å². The summed E-state index contributed by atoms with van der Waals surface area (Å²) in [5.41, 5.74) is 0.828. The van der Waals surface area contributed by atoms with E-state index in [1.165, 1.54) is 12.1 Å². The summed E-state index contributed by atoms with van der Waals surface area (Å²) in [5, 5.41) is 3.59. The summed E-state index contributed by atoms with van der Waals surface area (Å²) in [6, 6.07) is 11.6. The molecule has 0 atom stereocenters. The SMILES string of the molecule is CC(C)Oc1ccccc1-n1c(CN2CCNCC2)nc2ccc(F)cc2c1=O. The second kappa shape index (κ2) is 8.31. The second-order valence-corrected chi connectivity index (χ2v) is 7.49. The van der Waals surface area contributed by atoms with Crippen LogP contribution in [0.4, 0.5) is 4.39 Å². The molecule has 6 nitrogen and oxygen atoms in total. The molecule has 0 aliphatic carbocycles. The topological polar surface area (TPSA) is 59.4 Å². The van der Waals surface area contributed by atoms with Gasteiger partial charge in [-0.15, -0.1) is 0 Å². The minimum atomic E-state index is -0.454. The maximum absolute atomic E-state index is 13.9. The van der Waals surface area contributed by atoms with Crippen molar-refractivity contribution in [3.05, 3.63) is 64.5 Å². The second-order valence-electron chi connectivity index (χ2n) is 7.49. The Bertz CT molecular complexity index is 1070. The maximum atomic E-state index is 13.9. The highest BCUT2D eigenvalue weighted by Crippen LogP contribution is 2.25. The lowest BCUT2D eigenvalue weighted by Crippen LogP contribution is -2.44. The first-order chi connectivity index (χ1) is 14.0. The van der Waals surface area contributed by atoms with Crippen LogP contribution < -0.4 is 15.6 Å². The van der Waals surface area contributed by atoms with E-state index in [1.807, 2.05) is 38.1 Å². The van der Waals surface area contributed by atoms with E-state index < -0.39 is 5.82 Å². The predicted octanol–water partition coefficient (Wildman–Crippen LogP) is 2.72. The van der Waals surface area contributed by atoms with Crippen LogP contribution in [0.1, 0.15) is 19.7 Å². The fourth-order valence-electron chi connectivity index (χ4n) is 3.62. The molecular weight excluding hydrogens is 371 g/mol. The first-order valence-corrected chi connectivity index (χ1v) is 9.93. The van der Waals surface area contributed by atoms with Crippen LogP contribution in [0.15, 0.2) is 47.3 Å². The summed E-state index contributed by atoms with van der Waals surface area (Å²) < 4.78 is 21.4. The van der Waals surface area contributed by atoms with Crippen molar-refractivity contribution in [2.75, 3.05) is 26.2 Å². The molecule has 0 radical (unpaired) electrons. The number of aromatic nitrogens is 2. The number of benzene rings is 2. The summed E-state index contributed by atoms with van der Waals surface area (Å²) in [4.78, 5) is 20.5. The molecule has 2 heterocycles. The zero-order valence-electron chi connectivity index (χ0n) is 16.7. The first kappa shape index (κ1) is 19.5. The van der Waals surface area contributed by atoms with Crippen molar-refractivity contribution in [2.24, 2.45) is 0 Å². The van der Waals surface area contributed by atoms with E-state index in [0.29, 0.717) is 29.3 Å². The number of para-hydroxylation sites is 2. The van der Waals surface area contributed by atoms with Gasteiger partial charge in [-0.25, -0.2) is 9.37 Å². The molecule has 0 unspecified atom stereocenters. The summed E-state index contributed by atoms with van der Waals surface area (Å²) in [7, 11) is 0. The largest absolute Gasteiger partial charge is 0.489 e. The van der Waals surface area contributed by atoms with Gasteiger partial charge >= 0.3 is 0 Å². The number of nitrogens with zero attached hydrogens (tertiary/aromatic N) is 3. The van der Waals surface area contributed by atoms with Crippen LogP contribution >= 0.6 is 0 Å². The minimum absolute atomic E-state index is 0.0469. The third-order valence-corrected chi connectivity index (χ3v) is 4.94. The van der Waals surface area contributed by atoms with Crippen LogP contribution in [0.3, 0.4) is 0 Å². The standard InChI is InChI=1S/C22H25FN4O2/c1-15(2)29-20-6-4-3-5-19(20)27-21(14-26-11-9-24-10-12-26)25-18-8-7-16(23)13-17(18)22(27)28/h3-8,13,15,24H,9-12,14H2,1-2H3. The zero-order chi connectivity index (χ0) is 20.4. The summed E-state index contributed by atoms with van der Waals surface area (Å²) in [6.07, 6.45) is -0.0469. The molecule has 29 heavy (non-hydrogen) atoms. The smallest absolute Gasteiger partial charge is 0.266 e. The molecule has 1 N–H and O–H groups in total. The molecule has 0 spiro atoms. The van der Waals surface area contributed by atoms with Crippen molar-refractivity contribution in [3.63, 3.8) is 0 Å². The van der Waals surface area contributed by atoms with Gasteiger partial charge in [0, 0.05) is 26.2 Å². The van der Waals surface area contributed by atoms with Gasteiger partial charge in [-0.3, -0.25) is 14.3 Å². The Hall–Kier alpha value is -2.77. The van der Waals surface area contributed by atoms with E-state index in [9.17, 15) is 9.18 Å². The molecule has 7 heteroatoms. The third kappa shape index (κ3) is 4.16. The van der Waals surface area contributed by atoms with Gasteiger partial charge in [0.1, 0.15) is 17.4 Å². The molecule has 152 valence electrons. The highest BCUT2D eigenvalue weighted by Gasteiger charge is 2.20. The Labute approximate surface area is 168 Å². The molecule has 1 saturated heterocycles. The number of halogens is 1. The van der Waals surface area contributed by atoms with E-state index in [-0.39, 0.29) is 17.0 Å². The highest BCUT2D eigenvalue weighted by molar-refractivity contribution is 5.78. The zero-order valence-corrected chi connectivity index (χ0v) is 16.7. The molecule has 0 saturated carbocycles. The van der Waals surface area contributed by atoms with E-state index in [2.05, 4.69) is 10.2 Å². The molecule has 0 amide bonds. The number of hydrogen-bond donors (Lipinski definition) is 1. The van der Waals surface area contributed by atoms with Crippen molar-refractivity contribution in [3.8, 4) is 11.4 Å². The molecule has 3 aromatic rings. The number of fused-ring (bicyclic) bond motifs is 1. The lowest BCUT2D eigenvalue weighted by molar-refractivity contribution is 0.225. The average molecular weight is 396 g/mol. The monoisotopic (exact) mass is 396 g/mol. The predicted molar refractivity (Wildman–Crippen MR) is 111 cm³/mol. The van der Waals surface area contributed by atoms with Crippen molar-refractivity contribution in [1.82, 2.24) is 19.8 Å². The molecule has 1 aliphatic rings. The van der Waals surface area contributed by atoms with Gasteiger partial charge in [-0.1, -0.05) is 12.1 Å². The van der Waals surface area contributed by atoms with E-state index in [0.717, 1.165) is 26.2 Å². The summed E-state index contributed by atoms with van der Waals surface area (Å²) in [6.45, 7) is 7.96.